The third-order valence-electron chi connectivity index (χ3n) is 3.24. The topological polar surface area (TPSA) is 53.7 Å². The fraction of sp³-hybridized carbons (Fsp3) is 0.533. The first-order chi connectivity index (χ1) is 9.42. The average Bonchev–Trinajstić information content (AvgIpc) is 2.42. The molecule has 0 aliphatic carbocycles. The Morgan fingerprint density at radius 3 is 2.40 bits per heavy atom. The summed E-state index contributed by atoms with van der Waals surface area (Å²) < 4.78 is 16.3. The molecule has 0 amide bonds. The van der Waals surface area contributed by atoms with Crippen LogP contribution in [-0.2, 0) is 0 Å². The molecule has 0 saturated carbocycles. The van der Waals surface area contributed by atoms with E-state index in [4.69, 9.17) is 32.2 Å². The van der Waals surface area contributed by atoms with E-state index in [2.05, 4.69) is 0 Å². The Morgan fingerprint density at radius 2 is 1.85 bits per heavy atom. The van der Waals surface area contributed by atoms with Gasteiger partial charge in [-0.2, -0.15) is 0 Å². The first-order valence-corrected chi connectivity index (χ1v) is 6.97. The highest BCUT2D eigenvalue weighted by Gasteiger charge is 2.20. The molecule has 0 bridgehead atoms. The number of hydrogen-bond acceptors (Lipinski definition) is 4. The van der Waals surface area contributed by atoms with E-state index >= 15 is 0 Å². The van der Waals surface area contributed by atoms with E-state index in [1.807, 2.05) is 32.0 Å². The van der Waals surface area contributed by atoms with Gasteiger partial charge in [-0.05, 0) is 25.0 Å². The van der Waals surface area contributed by atoms with Crippen molar-refractivity contribution in [1.29, 1.82) is 0 Å². The number of benzene rings is 1. The Hall–Kier alpha value is -1.49. The van der Waals surface area contributed by atoms with Crippen molar-refractivity contribution in [1.82, 2.24) is 0 Å². The molecule has 1 aromatic rings. The molecule has 0 heterocycles. The maximum absolute atomic E-state index is 5.76. The number of hydrogen-bond donors (Lipinski definition) is 1. The zero-order valence-corrected chi connectivity index (χ0v) is 13.4. The molecule has 1 rings (SSSR count). The molecule has 0 aromatic heterocycles. The lowest BCUT2D eigenvalue weighted by atomic mass is 9.88. The van der Waals surface area contributed by atoms with Gasteiger partial charge in [-0.25, -0.2) is 0 Å². The molecule has 0 saturated heterocycles. The van der Waals surface area contributed by atoms with Crippen LogP contribution >= 0.6 is 12.2 Å². The van der Waals surface area contributed by atoms with Gasteiger partial charge in [-0.3, -0.25) is 0 Å². The standard InChI is InChI=1S/C15H23NO3S/c1-15(2,14(16)20)9-6-10-19-12-8-5-7-11(17-3)13(12)18-4/h5,7-8H,6,9-10H2,1-4H3,(H2,16,20). The first kappa shape index (κ1) is 16.6. The lowest BCUT2D eigenvalue weighted by Gasteiger charge is -2.23. The Bertz CT molecular complexity index is 460. The van der Waals surface area contributed by atoms with Crippen LogP contribution in [0.15, 0.2) is 18.2 Å². The van der Waals surface area contributed by atoms with Crippen molar-refractivity contribution in [3.05, 3.63) is 18.2 Å². The van der Waals surface area contributed by atoms with Gasteiger partial charge in [0, 0.05) is 5.41 Å². The minimum Gasteiger partial charge on any atom is -0.493 e. The van der Waals surface area contributed by atoms with Gasteiger partial charge >= 0.3 is 0 Å². The Morgan fingerprint density at radius 1 is 1.20 bits per heavy atom. The van der Waals surface area contributed by atoms with Crippen molar-refractivity contribution in [2.75, 3.05) is 20.8 Å². The molecule has 0 atom stereocenters. The van der Waals surface area contributed by atoms with Crippen molar-refractivity contribution in [3.8, 4) is 17.2 Å². The van der Waals surface area contributed by atoms with Crippen LogP contribution in [0.3, 0.4) is 0 Å². The van der Waals surface area contributed by atoms with Gasteiger partial charge in [-0.15, -0.1) is 0 Å². The van der Waals surface area contributed by atoms with Crippen LogP contribution in [0.2, 0.25) is 0 Å². The second-order valence-corrected chi connectivity index (χ2v) is 5.63. The summed E-state index contributed by atoms with van der Waals surface area (Å²) in [6.45, 7) is 4.67. The summed E-state index contributed by atoms with van der Waals surface area (Å²) in [5.41, 5.74) is 5.56. The van der Waals surface area contributed by atoms with E-state index in [1.165, 1.54) is 0 Å². The largest absolute Gasteiger partial charge is 0.493 e. The van der Waals surface area contributed by atoms with Gasteiger partial charge in [0.2, 0.25) is 5.75 Å². The molecule has 0 unspecified atom stereocenters. The highest BCUT2D eigenvalue weighted by molar-refractivity contribution is 7.80. The summed E-state index contributed by atoms with van der Waals surface area (Å²) >= 11 is 5.05. The van der Waals surface area contributed by atoms with Crippen LogP contribution in [0.5, 0.6) is 17.2 Å². The zero-order chi connectivity index (χ0) is 15.2. The number of methoxy groups -OCH3 is 2. The molecular weight excluding hydrogens is 274 g/mol. The second kappa shape index (κ2) is 7.33. The predicted octanol–water partition coefficient (Wildman–Crippen LogP) is 3.18. The van der Waals surface area contributed by atoms with Crippen molar-refractivity contribution >= 4 is 17.2 Å². The van der Waals surface area contributed by atoms with Crippen LogP contribution in [0.4, 0.5) is 0 Å². The number of para-hydroxylation sites is 1. The molecule has 5 heteroatoms. The van der Waals surface area contributed by atoms with Gasteiger partial charge in [0.25, 0.3) is 0 Å². The van der Waals surface area contributed by atoms with Crippen molar-refractivity contribution in [2.24, 2.45) is 11.1 Å². The van der Waals surface area contributed by atoms with Crippen LogP contribution in [0.1, 0.15) is 26.7 Å². The smallest absolute Gasteiger partial charge is 0.203 e. The van der Waals surface area contributed by atoms with E-state index in [0.717, 1.165) is 12.8 Å². The minimum absolute atomic E-state index is 0.142. The van der Waals surface area contributed by atoms with E-state index < -0.39 is 0 Å². The van der Waals surface area contributed by atoms with Gasteiger partial charge in [0.15, 0.2) is 11.5 Å². The Kier molecular flexibility index (Phi) is 6.07. The first-order valence-electron chi connectivity index (χ1n) is 6.56. The lowest BCUT2D eigenvalue weighted by Crippen LogP contribution is -2.30. The minimum atomic E-state index is -0.142. The number of rotatable bonds is 8. The number of nitrogens with two attached hydrogens (primary N) is 1. The van der Waals surface area contributed by atoms with Gasteiger partial charge in [0.1, 0.15) is 0 Å². The summed E-state index contributed by atoms with van der Waals surface area (Å²) in [5, 5.41) is 0. The normalized spacial score (nSPS) is 11.0. The van der Waals surface area contributed by atoms with Gasteiger partial charge in [0.05, 0.1) is 25.8 Å². The quantitative estimate of drug-likeness (QED) is 0.590. The summed E-state index contributed by atoms with van der Waals surface area (Å²) in [6.07, 6.45) is 1.75. The molecule has 112 valence electrons. The van der Waals surface area contributed by atoms with E-state index in [1.54, 1.807) is 14.2 Å². The highest BCUT2D eigenvalue weighted by atomic mass is 32.1. The molecule has 4 nitrogen and oxygen atoms in total. The molecule has 0 aliphatic heterocycles. The van der Waals surface area contributed by atoms with E-state index in [0.29, 0.717) is 28.8 Å². The van der Waals surface area contributed by atoms with Gasteiger partial charge < -0.3 is 19.9 Å². The predicted molar refractivity (Wildman–Crippen MR) is 84.8 cm³/mol. The SMILES string of the molecule is COc1cccc(OCCCC(C)(C)C(N)=S)c1OC. The maximum atomic E-state index is 5.76. The fourth-order valence-corrected chi connectivity index (χ4v) is 1.89. The molecule has 2 N–H and O–H groups in total. The molecule has 0 spiro atoms. The van der Waals surface area contributed by atoms with Gasteiger partial charge in [-0.1, -0.05) is 32.1 Å². The van der Waals surface area contributed by atoms with E-state index in [9.17, 15) is 0 Å². The van der Waals surface area contributed by atoms with Crippen LogP contribution < -0.4 is 19.9 Å². The van der Waals surface area contributed by atoms with Crippen molar-refractivity contribution in [3.63, 3.8) is 0 Å². The molecule has 20 heavy (non-hydrogen) atoms. The van der Waals surface area contributed by atoms with Crippen LogP contribution in [0.25, 0.3) is 0 Å². The van der Waals surface area contributed by atoms with E-state index in [-0.39, 0.29) is 5.41 Å². The highest BCUT2D eigenvalue weighted by Crippen LogP contribution is 2.36. The second-order valence-electron chi connectivity index (χ2n) is 5.19. The van der Waals surface area contributed by atoms with Crippen molar-refractivity contribution in [2.45, 2.75) is 26.7 Å². The molecule has 0 radical (unpaired) electrons. The molecule has 0 fully saturated rings. The Balaban J connectivity index is 2.57. The van der Waals surface area contributed by atoms with Crippen LogP contribution in [0, 0.1) is 5.41 Å². The third-order valence-corrected chi connectivity index (χ3v) is 3.79. The summed E-state index contributed by atoms with van der Waals surface area (Å²) in [6, 6.07) is 5.57. The Labute approximate surface area is 126 Å². The summed E-state index contributed by atoms with van der Waals surface area (Å²) in [4.78, 5) is 0.538. The number of ether oxygens (including phenoxy) is 3. The molecule has 0 aliphatic rings. The monoisotopic (exact) mass is 297 g/mol. The molecule has 1 aromatic carbocycles. The summed E-state index contributed by atoms with van der Waals surface area (Å²) in [7, 11) is 3.20. The van der Waals surface area contributed by atoms with Crippen LogP contribution in [-0.4, -0.2) is 25.8 Å². The van der Waals surface area contributed by atoms with Crippen molar-refractivity contribution < 1.29 is 14.2 Å². The summed E-state index contributed by atoms with van der Waals surface area (Å²) in [5.74, 6) is 1.96. The maximum Gasteiger partial charge on any atom is 0.203 e. The number of thiocarbonyl (C=S) groups is 1. The molecular formula is C15H23NO3S. The lowest BCUT2D eigenvalue weighted by molar-refractivity contribution is 0.266. The fourth-order valence-electron chi connectivity index (χ4n) is 1.79. The average molecular weight is 297 g/mol. The zero-order valence-electron chi connectivity index (χ0n) is 12.6. The third kappa shape index (κ3) is 4.27.